The van der Waals surface area contributed by atoms with E-state index in [-0.39, 0.29) is 29.8 Å². The summed E-state index contributed by atoms with van der Waals surface area (Å²) in [6, 6.07) is 20.1. The van der Waals surface area contributed by atoms with Crippen LogP contribution in [0.25, 0.3) is 10.8 Å². The summed E-state index contributed by atoms with van der Waals surface area (Å²) < 4.78 is 5.17. The van der Waals surface area contributed by atoms with Crippen LogP contribution in [0, 0.1) is 0 Å². The van der Waals surface area contributed by atoms with E-state index in [1.807, 2.05) is 26.0 Å². The van der Waals surface area contributed by atoms with E-state index in [1.54, 1.807) is 13.2 Å². The molecule has 3 N–H and O–H groups in total. The maximum Gasteiger partial charge on any atom is 0.237 e. The monoisotopic (exact) mass is 447 g/mol. The predicted octanol–water partition coefficient (Wildman–Crippen LogP) is 3.81. The van der Waals surface area contributed by atoms with Crippen LogP contribution in [-0.4, -0.2) is 47.7 Å². The van der Waals surface area contributed by atoms with Gasteiger partial charge in [-0.3, -0.25) is 9.69 Å². The van der Waals surface area contributed by atoms with Gasteiger partial charge in [0, 0.05) is 43.3 Å². The lowest BCUT2D eigenvalue weighted by Crippen LogP contribution is -2.45. The molecule has 6 heteroatoms. The summed E-state index contributed by atoms with van der Waals surface area (Å²) in [7, 11) is 1.58. The zero-order chi connectivity index (χ0) is 23.4. The average Bonchev–Trinajstić information content (AvgIpc) is 3.21. The molecular weight excluding hydrogens is 414 g/mol. The minimum atomic E-state index is -0.201. The number of nitrogens with zero attached hydrogens (tertiary/aromatic N) is 1. The smallest absolute Gasteiger partial charge is 0.237 e. The molecule has 0 unspecified atom stereocenters. The molecule has 1 heterocycles. The Hall–Kier alpha value is -3.09. The van der Waals surface area contributed by atoms with Crippen LogP contribution in [0.2, 0.25) is 0 Å². The first-order valence-corrected chi connectivity index (χ1v) is 11.5. The summed E-state index contributed by atoms with van der Waals surface area (Å²) in [4.78, 5) is 15.3. The second-order valence-electron chi connectivity index (χ2n) is 9.05. The molecule has 3 aromatic rings. The van der Waals surface area contributed by atoms with Crippen LogP contribution in [0.4, 0.5) is 0 Å². The number of ether oxygens (including phenoxy) is 1. The van der Waals surface area contributed by atoms with Crippen molar-refractivity contribution in [2.75, 3.05) is 13.7 Å². The number of phenolic OH excluding ortho intramolecular Hbond substituents is 1. The Labute approximate surface area is 195 Å². The molecule has 2 atom stereocenters. The maximum absolute atomic E-state index is 13.0. The molecule has 0 saturated carbocycles. The first-order chi connectivity index (χ1) is 15.9. The molecule has 3 aromatic carbocycles. The van der Waals surface area contributed by atoms with Gasteiger partial charge in [-0.05, 0) is 42.7 Å². The number of nitrogens with one attached hydrogen (secondary N) is 2. The van der Waals surface area contributed by atoms with Gasteiger partial charge in [0.25, 0.3) is 0 Å². The van der Waals surface area contributed by atoms with Crippen LogP contribution in [0.15, 0.2) is 60.7 Å². The number of phenols is 1. The van der Waals surface area contributed by atoms with Gasteiger partial charge in [-0.1, -0.05) is 48.5 Å². The van der Waals surface area contributed by atoms with Gasteiger partial charge in [0.2, 0.25) is 5.91 Å². The SMILES string of the molecule is COc1ccc(CN[C@H]2C[C@@H](C(=O)NC(C)C)N(Cc3cccc4ccccc34)C2)c(O)c1. The molecule has 6 nitrogen and oxygen atoms in total. The van der Waals surface area contributed by atoms with Crippen LogP contribution >= 0.6 is 0 Å². The summed E-state index contributed by atoms with van der Waals surface area (Å²) in [5.41, 5.74) is 2.04. The molecule has 1 aliphatic rings. The number of benzene rings is 3. The van der Waals surface area contributed by atoms with Gasteiger partial charge in [-0.2, -0.15) is 0 Å². The fraction of sp³-hybridized carbons (Fsp3) is 0.370. The zero-order valence-corrected chi connectivity index (χ0v) is 19.5. The standard InChI is InChI=1S/C27H33N3O3/c1-18(2)29-27(32)25-13-22(28-15-20-11-12-23(33-3)14-26(20)31)17-30(25)16-21-9-6-8-19-7-4-5-10-24(19)21/h4-12,14,18,22,25,28,31H,13,15-17H2,1-3H3,(H,29,32)/t22-,25-/m0/s1. The van der Waals surface area contributed by atoms with Crippen molar-refractivity contribution in [2.45, 2.75) is 51.5 Å². The summed E-state index contributed by atoms with van der Waals surface area (Å²) >= 11 is 0. The fourth-order valence-corrected chi connectivity index (χ4v) is 4.60. The number of hydrogen-bond acceptors (Lipinski definition) is 5. The minimum absolute atomic E-state index is 0.0711. The van der Waals surface area contributed by atoms with Crippen molar-refractivity contribution >= 4 is 16.7 Å². The van der Waals surface area contributed by atoms with Crippen LogP contribution in [-0.2, 0) is 17.9 Å². The molecule has 1 saturated heterocycles. The molecule has 0 spiro atoms. The minimum Gasteiger partial charge on any atom is -0.507 e. The number of aromatic hydroxyl groups is 1. The van der Waals surface area contributed by atoms with Crippen molar-refractivity contribution in [3.63, 3.8) is 0 Å². The Morgan fingerprint density at radius 3 is 2.67 bits per heavy atom. The molecule has 1 fully saturated rings. The Balaban J connectivity index is 1.50. The van der Waals surface area contributed by atoms with E-state index < -0.39 is 0 Å². The Morgan fingerprint density at radius 2 is 1.91 bits per heavy atom. The third-order valence-electron chi connectivity index (χ3n) is 6.26. The van der Waals surface area contributed by atoms with Gasteiger partial charge in [-0.25, -0.2) is 0 Å². The molecular formula is C27H33N3O3. The van der Waals surface area contributed by atoms with E-state index in [0.717, 1.165) is 18.5 Å². The molecule has 1 aliphatic heterocycles. The first kappa shape index (κ1) is 23.1. The topological polar surface area (TPSA) is 73.8 Å². The van der Waals surface area contributed by atoms with Crippen molar-refractivity contribution in [3.05, 3.63) is 71.8 Å². The van der Waals surface area contributed by atoms with Gasteiger partial charge in [0.15, 0.2) is 0 Å². The third-order valence-corrected chi connectivity index (χ3v) is 6.26. The van der Waals surface area contributed by atoms with Gasteiger partial charge in [0.05, 0.1) is 13.2 Å². The second-order valence-corrected chi connectivity index (χ2v) is 9.05. The normalized spacial score (nSPS) is 18.7. The molecule has 0 radical (unpaired) electrons. The molecule has 0 bridgehead atoms. The lowest BCUT2D eigenvalue weighted by atomic mass is 10.0. The van der Waals surface area contributed by atoms with Gasteiger partial charge in [0.1, 0.15) is 11.5 Å². The second kappa shape index (κ2) is 10.2. The number of carbonyl (C=O) groups excluding carboxylic acids is 1. The van der Waals surface area contributed by atoms with Gasteiger partial charge >= 0.3 is 0 Å². The molecule has 174 valence electrons. The van der Waals surface area contributed by atoms with E-state index in [2.05, 4.69) is 58.0 Å². The lowest BCUT2D eigenvalue weighted by molar-refractivity contribution is -0.126. The van der Waals surface area contributed by atoms with Crippen molar-refractivity contribution < 1.29 is 14.6 Å². The van der Waals surface area contributed by atoms with Gasteiger partial charge < -0.3 is 20.5 Å². The van der Waals surface area contributed by atoms with E-state index in [1.165, 1.54) is 16.3 Å². The Morgan fingerprint density at radius 1 is 1.12 bits per heavy atom. The highest BCUT2D eigenvalue weighted by Gasteiger charge is 2.36. The Bertz CT molecular complexity index is 1110. The van der Waals surface area contributed by atoms with E-state index in [9.17, 15) is 9.90 Å². The molecule has 0 aromatic heterocycles. The summed E-state index contributed by atoms with van der Waals surface area (Å²) in [5.74, 6) is 0.909. The van der Waals surface area contributed by atoms with E-state index in [4.69, 9.17) is 4.74 Å². The molecule has 1 amide bonds. The maximum atomic E-state index is 13.0. The highest BCUT2D eigenvalue weighted by molar-refractivity contribution is 5.86. The summed E-state index contributed by atoms with van der Waals surface area (Å²) in [6.07, 6.45) is 0.722. The van der Waals surface area contributed by atoms with Crippen molar-refractivity contribution in [1.82, 2.24) is 15.5 Å². The van der Waals surface area contributed by atoms with Crippen LogP contribution < -0.4 is 15.4 Å². The number of hydrogen-bond donors (Lipinski definition) is 3. The molecule has 33 heavy (non-hydrogen) atoms. The van der Waals surface area contributed by atoms with Crippen molar-refractivity contribution in [2.24, 2.45) is 0 Å². The fourth-order valence-electron chi connectivity index (χ4n) is 4.60. The average molecular weight is 448 g/mol. The first-order valence-electron chi connectivity index (χ1n) is 11.5. The largest absolute Gasteiger partial charge is 0.507 e. The van der Waals surface area contributed by atoms with Crippen molar-refractivity contribution in [1.29, 1.82) is 0 Å². The van der Waals surface area contributed by atoms with Crippen molar-refractivity contribution in [3.8, 4) is 11.5 Å². The highest BCUT2D eigenvalue weighted by atomic mass is 16.5. The van der Waals surface area contributed by atoms with Crippen LogP contribution in [0.3, 0.4) is 0 Å². The zero-order valence-electron chi connectivity index (χ0n) is 19.5. The number of fused-ring (bicyclic) bond motifs is 1. The van der Waals surface area contributed by atoms with Crippen LogP contribution in [0.5, 0.6) is 11.5 Å². The number of carbonyl (C=O) groups is 1. The Kier molecular flexibility index (Phi) is 7.16. The van der Waals surface area contributed by atoms with E-state index >= 15 is 0 Å². The summed E-state index contributed by atoms with van der Waals surface area (Å²) in [6.45, 7) is 5.98. The van der Waals surface area contributed by atoms with E-state index in [0.29, 0.717) is 18.8 Å². The van der Waals surface area contributed by atoms with Crippen LogP contribution in [0.1, 0.15) is 31.4 Å². The lowest BCUT2D eigenvalue weighted by Gasteiger charge is -2.25. The van der Waals surface area contributed by atoms with Gasteiger partial charge in [-0.15, -0.1) is 0 Å². The summed E-state index contributed by atoms with van der Waals surface area (Å²) in [5, 5.41) is 19.4. The third kappa shape index (κ3) is 5.46. The number of rotatable bonds is 8. The quantitative estimate of drug-likeness (QED) is 0.490. The number of amides is 1. The highest BCUT2D eigenvalue weighted by Crippen LogP contribution is 2.27. The molecule has 0 aliphatic carbocycles. The number of methoxy groups -OCH3 is 1. The molecule has 4 rings (SSSR count). The predicted molar refractivity (Wildman–Crippen MR) is 131 cm³/mol. The number of likely N-dealkylation sites (tertiary alicyclic amines) is 1.